The molecular formula is C7H5NO4Sr. The molecule has 6 heteroatoms. The molecule has 0 unspecified atom stereocenters. The second-order valence-electron chi connectivity index (χ2n) is 2.11. The van der Waals surface area contributed by atoms with E-state index in [9.17, 15) is 14.9 Å². The van der Waals surface area contributed by atoms with E-state index < -0.39 is 10.9 Å². The molecule has 1 rings (SSSR count). The molecule has 0 amide bonds. The van der Waals surface area contributed by atoms with Gasteiger partial charge >= 0.3 is 5.97 Å². The first-order valence-corrected chi connectivity index (χ1v) is 3.09. The van der Waals surface area contributed by atoms with E-state index in [2.05, 4.69) is 0 Å². The fourth-order valence-corrected chi connectivity index (χ4v) is 0.753. The monoisotopic (exact) mass is 255 g/mol. The number of aromatic carboxylic acids is 1. The van der Waals surface area contributed by atoms with Gasteiger partial charge in [0.25, 0.3) is 5.69 Å². The summed E-state index contributed by atoms with van der Waals surface area (Å²) in [6.07, 6.45) is 0. The van der Waals surface area contributed by atoms with Crippen molar-refractivity contribution in [1.29, 1.82) is 0 Å². The maximum Gasteiger partial charge on any atom is 0.335 e. The predicted molar refractivity (Wildman–Crippen MR) is 45.8 cm³/mol. The standard InChI is InChI=1S/C7H5NO4.Sr/c9-7(10)5-2-1-3-6(4-5)8(11)12;/h1-4H,(H,9,10);. The van der Waals surface area contributed by atoms with Gasteiger partial charge in [-0.3, -0.25) is 10.1 Å². The normalized spacial score (nSPS) is 8.62. The maximum atomic E-state index is 10.4. The zero-order valence-electron chi connectivity index (χ0n) is 6.64. The van der Waals surface area contributed by atoms with Gasteiger partial charge in [-0.1, -0.05) is 6.07 Å². The van der Waals surface area contributed by atoms with E-state index >= 15 is 0 Å². The van der Waals surface area contributed by atoms with Gasteiger partial charge in [0.1, 0.15) is 0 Å². The molecule has 5 nitrogen and oxygen atoms in total. The molecule has 0 aromatic heterocycles. The van der Waals surface area contributed by atoms with Crippen molar-refractivity contribution in [2.24, 2.45) is 0 Å². The van der Waals surface area contributed by atoms with Crippen LogP contribution in [0.1, 0.15) is 10.4 Å². The van der Waals surface area contributed by atoms with E-state index in [1.165, 1.54) is 18.2 Å². The van der Waals surface area contributed by atoms with E-state index in [0.29, 0.717) is 0 Å². The first kappa shape index (κ1) is 12.6. The van der Waals surface area contributed by atoms with Crippen molar-refractivity contribution in [2.75, 3.05) is 0 Å². The van der Waals surface area contributed by atoms with Crippen molar-refractivity contribution in [3.05, 3.63) is 39.9 Å². The molecular weight excluding hydrogens is 250 g/mol. The molecule has 0 aliphatic carbocycles. The average molecular weight is 255 g/mol. The minimum atomic E-state index is -1.17. The first-order chi connectivity index (χ1) is 5.61. The van der Waals surface area contributed by atoms with Crippen molar-refractivity contribution in [3.8, 4) is 0 Å². The molecule has 1 aromatic carbocycles. The number of nitro benzene ring substituents is 1. The van der Waals surface area contributed by atoms with Crippen LogP contribution in [0.5, 0.6) is 0 Å². The third-order valence-corrected chi connectivity index (χ3v) is 1.30. The third-order valence-electron chi connectivity index (χ3n) is 1.30. The van der Waals surface area contributed by atoms with Gasteiger partial charge in [-0.2, -0.15) is 0 Å². The zero-order chi connectivity index (χ0) is 9.14. The zero-order valence-corrected chi connectivity index (χ0v) is 10.1. The van der Waals surface area contributed by atoms with Gasteiger partial charge < -0.3 is 5.11 Å². The van der Waals surface area contributed by atoms with E-state index in [1.807, 2.05) is 0 Å². The minimum absolute atomic E-state index is 0. The number of carbonyl (C=O) groups is 1. The first-order valence-electron chi connectivity index (χ1n) is 3.09. The average Bonchev–Trinajstić information content (AvgIpc) is 2.04. The Bertz CT molecular complexity index is 310. The van der Waals surface area contributed by atoms with E-state index in [-0.39, 0.29) is 56.7 Å². The Morgan fingerprint density at radius 3 is 2.54 bits per heavy atom. The van der Waals surface area contributed by atoms with Crippen LogP contribution in [0.25, 0.3) is 0 Å². The molecule has 0 saturated heterocycles. The molecule has 0 saturated carbocycles. The van der Waals surface area contributed by atoms with Crippen molar-refractivity contribution in [1.82, 2.24) is 0 Å². The molecule has 0 bridgehead atoms. The third kappa shape index (κ3) is 3.43. The van der Waals surface area contributed by atoms with E-state index in [4.69, 9.17) is 5.11 Å². The Morgan fingerprint density at radius 1 is 1.46 bits per heavy atom. The van der Waals surface area contributed by atoms with E-state index in [0.717, 1.165) is 6.07 Å². The molecule has 64 valence electrons. The fourth-order valence-electron chi connectivity index (χ4n) is 0.753. The number of carboxylic acid groups (broad SMARTS) is 1. The Kier molecular flexibility index (Phi) is 5.16. The minimum Gasteiger partial charge on any atom is -0.478 e. The molecule has 0 aliphatic heterocycles. The summed E-state index contributed by atoms with van der Waals surface area (Å²) in [6.45, 7) is 0. The van der Waals surface area contributed by atoms with Gasteiger partial charge in [-0.15, -0.1) is 0 Å². The van der Waals surface area contributed by atoms with Crippen molar-refractivity contribution in [2.45, 2.75) is 0 Å². The van der Waals surface area contributed by atoms with Crippen LogP contribution >= 0.6 is 0 Å². The molecule has 0 spiro atoms. The molecule has 0 heterocycles. The van der Waals surface area contributed by atoms with Gasteiger partial charge in [-0.25, -0.2) is 4.79 Å². The number of rotatable bonds is 2. The summed E-state index contributed by atoms with van der Waals surface area (Å²) in [6, 6.07) is 4.89. The summed E-state index contributed by atoms with van der Waals surface area (Å²) in [4.78, 5) is 19.9. The summed E-state index contributed by atoms with van der Waals surface area (Å²) in [5, 5.41) is 18.7. The Labute approximate surface area is 111 Å². The quantitative estimate of drug-likeness (QED) is 0.483. The van der Waals surface area contributed by atoms with Crippen LogP contribution < -0.4 is 0 Å². The van der Waals surface area contributed by atoms with Crippen LogP contribution in [0.4, 0.5) is 5.69 Å². The maximum absolute atomic E-state index is 10.4. The number of benzene rings is 1. The molecule has 0 aliphatic rings. The van der Waals surface area contributed by atoms with Crippen LogP contribution in [0.2, 0.25) is 0 Å². The summed E-state index contributed by atoms with van der Waals surface area (Å²) < 4.78 is 0. The van der Waals surface area contributed by atoms with Crippen molar-refractivity contribution in [3.63, 3.8) is 0 Å². The van der Waals surface area contributed by atoms with Gasteiger partial charge in [-0.05, 0) is 6.07 Å². The van der Waals surface area contributed by atoms with Gasteiger partial charge in [0.15, 0.2) is 0 Å². The Hall–Kier alpha value is -0.429. The number of hydrogen-bond acceptors (Lipinski definition) is 3. The summed E-state index contributed by atoms with van der Waals surface area (Å²) in [7, 11) is 0. The largest absolute Gasteiger partial charge is 0.478 e. The molecule has 0 atom stereocenters. The summed E-state index contributed by atoms with van der Waals surface area (Å²) in [5.74, 6) is -1.17. The number of nitro groups is 1. The van der Waals surface area contributed by atoms with Gasteiger partial charge in [0.2, 0.25) is 0 Å². The smallest absolute Gasteiger partial charge is 0.335 e. The molecule has 1 aromatic rings. The second kappa shape index (κ2) is 5.33. The fraction of sp³-hybridized carbons (Fsp3) is 0. The topological polar surface area (TPSA) is 80.4 Å². The molecule has 13 heavy (non-hydrogen) atoms. The number of carboxylic acids is 1. The SMILES string of the molecule is O=C(O)c1cccc([N+](=O)[O-])c1.[Sr]. The van der Waals surface area contributed by atoms with Crippen molar-refractivity contribution >= 4 is 57.1 Å². The summed E-state index contributed by atoms with van der Waals surface area (Å²) >= 11 is 0. The number of hydrogen-bond donors (Lipinski definition) is 1. The van der Waals surface area contributed by atoms with Crippen LogP contribution in [0.15, 0.2) is 24.3 Å². The van der Waals surface area contributed by atoms with Crippen LogP contribution in [0, 0.1) is 10.1 Å². The Balaban J connectivity index is 0.00000144. The van der Waals surface area contributed by atoms with Gasteiger partial charge in [0, 0.05) is 57.6 Å². The summed E-state index contributed by atoms with van der Waals surface area (Å²) in [5.41, 5.74) is -0.292. The van der Waals surface area contributed by atoms with Crippen LogP contribution in [0.3, 0.4) is 0 Å². The van der Waals surface area contributed by atoms with Gasteiger partial charge in [0.05, 0.1) is 10.5 Å². The predicted octanol–water partition coefficient (Wildman–Crippen LogP) is 0.912. The number of non-ortho nitro benzene ring substituents is 1. The van der Waals surface area contributed by atoms with Crippen molar-refractivity contribution < 1.29 is 14.8 Å². The van der Waals surface area contributed by atoms with Crippen LogP contribution in [-0.2, 0) is 0 Å². The van der Waals surface area contributed by atoms with E-state index in [1.54, 1.807) is 0 Å². The number of nitrogens with zero attached hydrogens (tertiary/aromatic N) is 1. The molecule has 0 fully saturated rings. The molecule has 2 radical (unpaired) electrons. The van der Waals surface area contributed by atoms with Crippen LogP contribution in [-0.4, -0.2) is 61.5 Å². The molecule has 1 N–H and O–H groups in total. The second-order valence-corrected chi connectivity index (χ2v) is 2.11. The Morgan fingerprint density at radius 2 is 2.08 bits per heavy atom.